The summed E-state index contributed by atoms with van der Waals surface area (Å²) in [4.78, 5) is 17.6. The molecule has 1 aromatic carbocycles. The molecule has 1 aromatic heterocycles. The molecule has 5 nitrogen and oxygen atoms in total. The van der Waals surface area contributed by atoms with E-state index in [4.69, 9.17) is 4.74 Å². The number of benzene rings is 1. The fourth-order valence-corrected chi connectivity index (χ4v) is 2.91. The average Bonchev–Trinajstić information content (AvgIpc) is 2.89. The minimum atomic E-state index is -0.794. The number of rotatable bonds is 3. The zero-order valence-corrected chi connectivity index (χ0v) is 12.5. The summed E-state index contributed by atoms with van der Waals surface area (Å²) in [7, 11) is 1.41. The van der Waals surface area contributed by atoms with Crippen LogP contribution in [0.4, 0.5) is 10.1 Å². The Bertz CT molecular complexity index is 749. The molecule has 1 fully saturated rings. The number of nitrogens with zero attached hydrogens (tertiary/aromatic N) is 2. The van der Waals surface area contributed by atoms with Crippen LogP contribution in [0, 0.1) is 11.2 Å². The van der Waals surface area contributed by atoms with E-state index >= 15 is 0 Å². The van der Waals surface area contributed by atoms with Crippen molar-refractivity contribution in [1.29, 1.82) is 0 Å². The van der Waals surface area contributed by atoms with Crippen molar-refractivity contribution in [2.75, 3.05) is 25.1 Å². The highest BCUT2D eigenvalue weighted by molar-refractivity contribution is 5.93. The number of carboxylic acid groups (broad SMARTS) is 1. The predicted molar refractivity (Wildman–Crippen MR) is 80.8 cm³/mol. The number of hydrogen-bond donors (Lipinski definition) is 1. The van der Waals surface area contributed by atoms with Gasteiger partial charge in [-0.15, -0.1) is 0 Å². The number of carbonyl (C=O) groups is 1. The molecular formula is C16H17FN2O3. The van der Waals surface area contributed by atoms with E-state index in [0.29, 0.717) is 25.0 Å². The van der Waals surface area contributed by atoms with Gasteiger partial charge in [0.25, 0.3) is 0 Å². The van der Waals surface area contributed by atoms with Crippen molar-refractivity contribution in [1.82, 2.24) is 4.98 Å². The van der Waals surface area contributed by atoms with Gasteiger partial charge >= 0.3 is 5.97 Å². The quantitative estimate of drug-likeness (QED) is 0.944. The normalized spacial score (nSPS) is 21.3. The van der Waals surface area contributed by atoms with Gasteiger partial charge in [-0.1, -0.05) is 0 Å². The van der Waals surface area contributed by atoms with Gasteiger partial charge in [0.05, 0.1) is 18.0 Å². The van der Waals surface area contributed by atoms with Crippen molar-refractivity contribution < 1.29 is 19.0 Å². The number of hydrogen-bond acceptors (Lipinski definition) is 4. The summed E-state index contributed by atoms with van der Waals surface area (Å²) in [5.41, 5.74) is 0.618. The molecule has 22 heavy (non-hydrogen) atoms. The SMILES string of the molecule is COc1cc2c(N3CCC(C)(C(=O)O)C3)ccnc2cc1F. The fourth-order valence-electron chi connectivity index (χ4n) is 2.91. The Morgan fingerprint density at radius 1 is 1.50 bits per heavy atom. The molecule has 0 aliphatic carbocycles. The van der Waals surface area contributed by atoms with Crippen molar-refractivity contribution in [3.05, 3.63) is 30.2 Å². The summed E-state index contributed by atoms with van der Waals surface area (Å²) in [6.45, 7) is 2.81. The molecule has 1 aliphatic rings. The first-order valence-electron chi connectivity index (χ1n) is 7.05. The molecule has 116 valence electrons. The number of fused-ring (bicyclic) bond motifs is 1. The van der Waals surface area contributed by atoms with E-state index in [1.54, 1.807) is 19.2 Å². The van der Waals surface area contributed by atoms with Crippen molar-refractivity contribution in [3.63, 3.8) is 0 Å². The van der Waals surface area contributed by atoms with Gasteiger partial charge < -0.3 is 14.7 Å². The van der Waals surface area contributed by atoms with Crippen LogP contribution in [0.15, 0.2) is 24.4 Å². The monoisotopic (exact) mass is 304 g/mol. The molecule has 3 rings (SSSR count). The van der Waals surface area contributed by atoms with Crippen LogP contribution >= 0.6 is 0 Å². The maximum atomic E-state index is 13.8. The number of methoxy groups -OCH3 is 1. The standard InChI is InChI=1S/C16H17FN2O3/c1-16(15(20)21)4-6-19(9-16)13-3-5-18-12-8-11(17)14(22-2)7-10(12)13/h3,5,7-8H,4,6,9H2,1-2H3,(H,20,21). The number of halogens is 1. The summed E-state index contributed by atoms with van der Waals surface area (Å²) >= 11 is 0. The molecule has 2 aromatic rings. The molecule has 0 radical (unpaired) electrons. The van der Waals surface area contributed by atoms with Gasteiger partial charge in [0.15, 0.2) is 11.6 Å². The van der Waals surface area contributed by atoms with Crippen molar-refractivity contribution >= 4 is 22.6 Å². The minimum Gasteiger partial charge on any atom is -0.494 e. The van der Waals surface area contributed by atoms with Crippen LogP contribution in [-0.4, -0.2) is 36.3 Å². The number of aliphatic carboxylic acids is 1. The molecule has 1 atom stereocenters. The van der Waals surface area contributed by atoms with Crippen LogP contribution in [0.1, 0.15) is 13.3 Å². The second-order valence-corrected chi connectivity index (χ2v) is 5.87. The molecule has 1 unspecified atom stereocenters. The van der Waals surface area contributed by atoms with E-state index in [1.807, 2.05) is 11.0 Å². The minimum absolute atomic E-state index is 0.155. The van der Waals surface area contributed by atoms with Gasteiger partial charge in [0, 0.05) is 36.4 Å². The van der Waals surface area contributed by atoms with E-state index in [-0.39, 0.29) is 5.75 Å². The first-order chi connectivity index (χ1) is 10.4. The summed E-state index contributed by atoms with van der Waals surface area (Å²) in [6, 6.07) is 4.78. The lowest BCUT2D eigenvalue weighted by molar-refractivity contribution is -0.146. The molecule has 1 N–H and O–H groups in total. The lowest BCUT2D eigenvalue weighted by Gasteiger charge is -2.23. The molecule has 1 aliphatic heterocycles. The molecule has 0 bridgehead atoms. The van der Waals surface area contributed by atoms with Gasteiger partial charge in [-0.05, 0) is 25.5 Å². The van der Waals surface area contributed by atoms with Crippen molar-refractivity contribution in [3.8, 4) is 5.75 Å². The van der Waals surface area contributed by atoms with Crippen LogP contribution in [0.25, 0.3) is 10.9 Å². The van der Waals surface area contributed by atoms with Gasteiger partial charge in [-0.2, -0.15) is 0 Å². The van der Waals surface area contributed by atoms with Gasteiger partial charge in [0.1, 0.15) is 0 Å². The highest BCUT2D eigenvalue weighted by Gasteiger charge is 2.40. The Labute approximate surface area is 127 Å². The van der Waals surface area contributed by atoms with Gasteiger partial charge in [0.2, 0.25) is 0 Å². The average molecular weight is 304 g/mol. The first kappa shape index (κ1) is 14.6. The van der Waals surface area contributed by atoms with Crippen molar-refractivity contribution in [2.45, 2.75) is 13.3 Å². The van der Waals surface area contributed by atoms with E-state index in [2.05, 4.69) is 4.98 Å². The second kappa shape index (κ2) is 5.12. The third kappa shape index (κ3) is 2.24. The van der Waals surface area contributed by atoms with Crippen LogP contribution in [0.5, 0.6) is 5.75 Å². The Morgan fingerprint density at radius 2 is 2.27 bits per heavy atom. The van der Waals surface area contributed by atoms with E-state index < -0.39 is 17.2 Å². The topological polar surface area (TPSA) is 62.7 Å². The van der Waals surface area contributed by atoms with Gasteiger partial charge in [-0.25, -0.2) is 4.39 Å². The Morgan fingerprint density at radius 3 is 2.91 bits per heavy atom. The molecule has 0 spiro atoms. The summed E-state index contributed by atoms with van der Waals surface area (Å²) in [5, 5.41) is 10.1. The zero-order valence-electron chi connectivity index (χ0n) is 12.5. The van der Waals surface area contributed by atoms with Crippen molar-refractivity contribution in [2.24, 2.45) is 5.41 Å². The molecule has 6 heteroatoms. The number of ether oxygens (including phenoxy) is 1. The number of aromatic nitrogens is 1. The smallest absolute Gasteiger partial charge is 0.311 e. The van der Waals surface area contributed by atoms with Crippen LogP contribution in [0.3, 0.4) is 0 Å². The molecular weight excluding hydrogens is 287 g/mol. The van der Waals surface area contributed by atoms with Crippen LogP contribution in [-0.2, 0) is 4.79 Å². The summed E-state index contributed by atoms with van der Waals surface area (Å²) in [5.74, 6) is -1.10. The third-order valence-corrected chi connectivity index (χ3v) is 4.32. The third-order valence-electron chi connectivity index (χ3n) is 4.32. The largest absolute Gasteiger partial charge is 0.494 e. The highest BCUT2D eigenvalue weighted by Crippen LogP contribution is 2.37. The Balaban J connectivity index is 2.06. The summed E-state index contributed by atoms with van der Waals surface area (Å²) in [6.07, 6.45) is 2.19. The molecule has 0 saturated carbocycles. The number of anilines is 1. The lowest BCUT2D eigenvalue weighted by Crippen LogP contribution is -2.31. The Kier molecular flexibility index (Phi) is 3.39. The number of pyridine rings is 1. The van der Waals surface area contributed by atoms with Gasteiger partial charge in [-0.3, -0.25) is 9.78 Å². The van der Waals surface area contributed by atoms with E-state index in [0.717, 1.165) is 11.1 Å². The Hall–Kier alpha value is -2.37. The maximum absolute atomic E-state index is 13.8. The van der Waals surface area contributed by atoms with Crippen LogP contribution in [0.2, 0.25) is 0 Å². The maximum Gasteiger partial charge on any atom is 0.311 e. The lowest BCUT2D eigenvalue weighted by atomic mass is 9.90. The fraction of sp³-hybridized carbons (Fsp3) is 0.375. The molecule has 1 saturated heterocycles. The molecule has 0 amide bonds. The molecule has 2 heterocycles. The second-order valence-electron chi connectivity index (χ2n) is 5.87. The highest BCUT2D eigenvalue weighted by atomic mass is 19.1. The van der Waals surface area contributed by atoms with E-state index in [1.165, 1.54) is 13.2 Å². The number of carboxylic acids is 1. The predicted octanol–water partition coefficient (Wildman–Crippen LogP) is 2.68. The first-order valence-corrected chi connectivity index (χ1v) is 7.05. The van der Waals surface area contributed by atoms with Crippen LogP contribution < -0.4 is 9.64 Å². The van der Waals surface area contributed by atoms with E-state index in [9.17, 15) is 14.3 Å². The zero-order chi connectivity index (χ0) is 15.9. The summed E-state index contributed by atoms with van der Waals surface area (Å²) < 4.78 is 18.8.